The Morgan fingerprint density at radius 3 is 2.41 bits per heavy atom. The molecule has 0 radical (unpaired) electrons. The second-order valence-electron chi connectivity index (χ2n) is 4.79. The summed E-state index contributed by atoms with van der Waals surface area (Å²) in [5.74, 6) is -4.98. The minimum Gasteiger partial charge on any atom is -0.399 e. The molecule has 0 aliphatic carbocycles. The molecule has 3 nitrogen and oxygen atoms in total. The van der Waals surface area contributed by atoms with Crippen LogP contribution in [0.4, 0.5) is 27.6 Å². The number of aromatic nitrogens is 2. The van der Waals surface area contributed by atoms with Crippen molar-refractivity contribution in [3.8, 4) is 0 Å². The molecule has 9 heteroatoms. The molecule has 2 aromatic rings. The molecule has 1 heterocycles. The van der Waals surface area contributed by atoms with Crippen LogP contribution in [0.1, 0.15) is 16.8 Å². The zero-order valence-electron chi connectivity index (χ0n) is 11.3. The monoisotopic (exact) mass is 431 g/mol. The van der Waals surface area contributed by atoms with E-state index in [9.17, 15) is 22.0 Å². The zero-order chi connectivity index (χ0) is 16.7. The molecule has 120 valence electrons. The van der Waals surface area contributed by atoms with Crippen LogP contribution in [0.2, 0.25) is 0 Å². The van der Waals surface area contributed by atoms with E-state index in [-0.39, 0.29) is 10.1 Å². The van der Waals surface area contributed by atoms with E-state index >= 15 is 0 Å². The van der Waals surface area contributed by atoms with Gasteiger partial charge in [-0.3, -0.25) is 4.68 Å². The van der Waals surface area contributed by atoms with Crippen molar-refractivity contribution in [3.05, 3.63) is 44.8 Å². The number of aryl methyl sites for hydroxylation is 1. The number of alkyl halides is 5. The molecule has 0 atom stereocenters. The molecule has 0 bridgehead atoms. The van der Waals surface area contributed by atoms with Crippen molar-refractivity contribution in [3.63, 3.8) is 0 Å². The lowest BCUT2D eigenvalue weighted by Gasteiger charge is -2.17. The Morgan fingerprint density at radius 2 is 1.86 bits per heavy atom. The predicted molar refractivity (Wildman–Crippen MR) is 79.6 cm³/mol. The largest absolute Gasteiger partial charge is 0.459 e. The van der Waals surface area contributed by atoms with Crippen LogP contribution in [0, 0.1) is 10.5 Å². The summed E-state index contributed by atoms with van der Waals surface area (Å²) in [5.41, 5.74) is 6.45. The Balaban J connectivity index is 2.32. The highest BCUT2D eigenvalue weighted by Crippen LogP contribution is 2.44. The fourth-order valence-corrected chi connectivity index (χ4v) is 2.62. The van der Waals surface area contributed by atoms with Crippen LogP contribution in [0.3, 0.4) is 0 Å². The van der Waals surface area contributed by atoms with Gasteiger partial charge in [0, 0.05) is 11.9 Å². The van der Waals surface area contributed by atoms with Crippen LogP contribution in [-0.2, 0) is 12.5 Å². The summed E-state index contributed by atoms with van der Waals surface area (Å²) in [7, 11) is 0. The first-order chi connectivity index (χ1) is 10.0. The van der Waals surface area contributed by atoms with Crippen molar-refractivity contribution in [2.24, 2.45) is 0 Å². The summed E-state index contributed by atoms with van der Waals surface area (Å²) in [4.78, 5) is 0. The number of hydrogen-bond donors (Lipinski definition) is 1. The molecule has 0 aliphatic rings. The molecule has 0 saturated heterocycles. The van der Waals surface area contributed by atoms with Crippen LogP contribution >= 0.6 is 22.6 Å². The zero-order valence-corrected chi connectivity index (χ0v) is 13.4. The third kappa shape index (κ3) is 3.18. The molecule has 1 aromatic carbocycles. The number of benzene rings is 1. The Morgan fingerprint density at radius 1 is 1.23 bits per heavy atom. The predicted octanol–water partition coefficient (Wildman–Crippen LogP) is 4.08. The summed E-state index contributed by atoms with van der Waals surface area (Å²) in [6.45, 7) is 1.85. The maximum Gasteiger partial charge on any atom is 0.459 e. The fourth-order valence-electron chi connectivity index (χ4n) is 1.85. The summed E-state index contributed by atoms with van der Waals surface area (Å²) < 4.78 is 64.8. The van der Waals surface area contributed by atoms with Gasteiger partial charge in [0.15, 0.2) is 5.69 Å². The van der Waals surface area contributed by atoms with Crippen molar-refractivity contribution in [1.29, 1.82) is 0 Å². The number of hydrogen-bond acceptors (Lipinski definition) is 2. The summed E-state index contributed by atoms with van der Waals surface area (Å²) in [6, 6.07) is 5.04. The van der Waals surface area contributed by atoms with Crippen LogP contribution in [0.15, 0.2) is 24.4 Å². The van der Waals surface area contributed by atoms with Gasteiger partial charge in [0.2, 0.25) is 0 Å². The maximum absolute atomic E-state index is 13.4. The SMILES string of the molecule is Cc1cc(Cn2cc(I)c(C(F)(F)C(F)(F)F)n2)ccc1N. The van der Waals surface area contributed by atoms with Gasteiger partial charge in [0.25, 0.3) is 0 Å². The Labute approximate surface area is 136 Å². The van der Waals surface area contributed by atoms with Crippen LogP contribution in [0.5, 0.6) is 0 Å². The van der Waals surface area contributed by atoms with Crippen molar-refractivity contribution in [2.75, 3.05) is 5.73 Å². The van der Waals surface area contributed by atoms with Crippen molar-refractivity contribution >= 4 is 28.3 Å². The second-order valence-corrected chi connectivity index (χ2v) is 5.95. The molecule has 0 aliphatic heterocycles. The lowest BCUT2D eigenvalue weighted by molar-refractivity contribution is -0.291. The molecule has 0 saturated carbocycles. The number of rotatable bonds is 3. The molecular formula is C13H11F5IN3. The van der Waals surface area contributed by atoms with Gasteiger partial charge in [-0.05, 0) is 46.7 Å². The first-order valence-electron chi connectivity index (χ1n) is 6.05. The highest BCUT2D eigenvalue weighted by molar-refractivity contribution is 14.1. The number of nitrogen functional groups attached to an aromatic ring is 1. The number of nitrogens with zero attached hydrogens (tertiary/aromatic N) is 2. The third-order valence-electron chi connectivity index (χ3n) is 3.05. The van der Waals surface area contributed by atoms with E-state index < -0.39 is 17.8 Å². The van der Waals surface area contributed by atoms with Crippen molar-refractivity contribution in [2.45, 2.75) is 25.6 Å². The normalized spacial score (nSPS) is 12.7. The fraction of sp³-hybridized carbons (Fsp3) is 0.308. The van der Waals surface area contributed by atoms with Gasteiger partial charge >= 0.3 is 12.1 Å². The molecule has 0 spiro atoms. The van der Waals surface area contributed by atoms with E-state index in [0.29, 0.717) is 11.3 Å². The third-order valence-corrected chi connectivity index (χ3v) is 3.84. The van der Waals surface area contributed by atoms with E-state index in [1.54, 1.807) is 25.1 Å². The maximum atomic E-state index is 13.4. The van der Waals surface area contributed by atoms with E-state index in [0.717, 1.165) is 16.4 Å². The molecular weight excluding hydrogens is 420 g/mol. The van der Waals surface area contributed by atoms with Gasteiger partial charge in [0.1, 0.15) is 0 Å². The van der Waals surface area contributed by atoms with Crippen molar-refractivity contribution < 1.29 is 22.0 Å². The minimum absolute atomic E-state index is 0.0745. The van der Waals surface area contributed by atoms with Gasteiger partial charge in [-0.15, -0.1) is 0 Å². The van der Waals surface area contributed by atoms with Crippen LogP contribution in [0.25, 0.3) is 0 Å². The Hall–Kier alpha value is -1.39. The smallest absolute Gasteiger partial charge is 0.399 e. The lowest BCUT2D eigenvalue weighted by Crippen LogP contribution is -2.34. The highest BCUT2D eigenvalue weighted by atomic mass is 127. The summed E-state index contributed by atoms with van der Waals surface area (Å²) in [5, 5.41) is 3.40. The molecule has 2 rings (SSSR count). The average Bonchev–Trinajstić information content (AvgIpc) is 2.74. The highest BCUT2D eigenvalue weighted by Gasteiger charge is 2.61. The van der Waals surface area contributed by atoms with Gasteiger partial charge in [-0.2, -0.15) is 27.1 Å². The number of nitrogens with two attached hydrogens (primary N) is 1. The quantitative estimate of drug-likeness (QED) is 0.453. The van der Waals surface area contributed by atoms with Crippen molar-refractivity contribution in [1.82, 2.24) is 9.78 Å². The molecule has 1 aromatic heterocycles. The standard InChI is InChI=1S/C13H11F5IN3/c1-7-4-8(2-3-10(7)20)5-22-6-9(19)11(21-22)12(14,15)13(16,17)18/h2-4,6H,5,20H2,1H3. The van der Waals surface area contributed by atoms with Crippen LogP contribution < -0.4 is 5.73 Å². The summed E-state index contributed by atoms with van der Waals surface area (Å²) >= 11 is 1.42. The molecule has 22 heavy (non-hydrogen) atoms. The van der Waals surface area contributed by atoms with E-state index in [4.69, 9.17) is 5.73 Å². The molecule has 2 N–H and O–H groups in total. The Kier molecular flexibility index (Phi) is 4.37. The summed E-state index contributed by atoms with van der Waals surface area (Å²) in [6.07, 6.45) is -4.52. The van der Waals surface area contributed by atoms with Gasteiger partial charge in [0.05, 0.1) is 10.1 Å². The van der Waals surface area contributed by atoms with Gasteiger partial charge < -0.3 is 5.73 Å². The lowest BCUT2D eigenvalue weighted by atomic mass is 10.1. The second kappa shape index (κ2) is 5.67. The molecule has 0 fully saturated rings. The first kappa shape index (κ1) is 17.0. The van der Waals surface area contributed by atoms with Gasteiger partial charge in [-0.1, -0.05) is 12.1 Å². The number of halogens is 6. The van der Waals surface area contributed by atoms with E-state index in [1.165, 1.54) is 22.6 Å². The Bertz CT molecular complexity index is 693. The average molecular weight is 431 g/mol. The molecule has 0 amide bonds. The van der Waals surface area contributed by atoms with Crippen LogP contribution in [-0.4, -0.2) is 16.0 Å². The van der Waals surface area contributed by atoms with E-state index in [1.807, 2.05) is 0 Å². The van der Waals surface area contributed by atoms with Gasteiger partial charge in [-0.25, -0.2) is 0 Å². The topological polar surface area (TPSA) is 43.8 Å². The first-order valence-corrected chi connectivity index (χ1v) is 7.13. The molecule has 0 unspecified atom stereocenters. The van der Waals surface area contributed by atoms with E-state index in [2.05, 4.69) is 5.10 Å². The number of anilines is 1. The minimum atomic E-state index is -5.68.